The summed E-state index contributed by atoms with van der Waals surface area (Å²) < 4.78 is 0.567. The van der Waals surface area contributed by atoms with Crippen LogP contribution in [0, 0.1) is 0 Å². The molecule has 2 nitrogen and oxygen atoms in total. The van der Waals surface area contributed by atoms with Crippen LogP contribution in [-0.4, -0.2) is 47.6 Å². The second-order valence-electron chi connectivity index (χ2n) is 6.55. The number of likely N-dealkylation sites (tertiary alicyclic amines) is 1. The number of rotatable bonds is 5. The molecule has 1 heterocycles. The highest BCUT2D eigenvalue weighted by molar-refractivity contribution is 8.00. The maximum absolute atomic E-state index is 3.63. The van der Waals surface area contributed by atoms with E-state index >= 15 is 0 Å². The molecular weight excluding hydrogens is 252 g/mol. The topological polar surface area (TPSA) is 15.3 Å². The summed E-state index contributed by atoms with van der Waals surface area (Å²) in [4.78, 5) is 2.77. The van der Waals surface area contributed by atoms with Gasteiger partial charge in [0.05, 0.1) is 0 Å². The standard InChI is InChI=1S/C16H32N2S/c1-4-17-15-8-11-18(14(2)12-15)13-16(19-3)9-6-5-7-10-16/h14-15,17H,4-13H2,1-3H3. The van der Waals surface area contributed by atoms with Crippen LogP contribution in [0.2, 0.25) is 0 Å². The molecule has 2 rings (SSSR count). The molecule has 1 aliphatic carbocycles. The van der Waals surface area contributed by atoms with E-state index in [-0.39, 0.29) is 0 Å². The molecule has 2 unspecified atom stereocenters. The van der Waals surface area contributed by atoms with Gasteiger partial charge in [0, 0.05) is 23.4 Å². The van der Waals surface area contributed by atoms with Crippen molar-refractivity contribution >= 4 is 11.8 Å². The molecule has 0 bridgehead atoms. The van der Waals surface area contributed by atoms with Crippen LogP contribution < -0.4 is 5.32 Å². The second-order valence-corrected chi connectivity index (χ2v) is 7.82. The van der Waals surface area contributed by atoms with Crippen molar-refractivity contribution in [2.24, 2.45) is 0 Å². The fraction of sp³-hybridized carbons (Fsp3) is 1.00. The fourth-order valence-corrected chi connectivity index (χ4v) is 4.91. The zero-order valence-corrected chi connectivity index (χ0v) is 13.9. The first-order valence-electron chi connectivity index (χ1n) is 8.22. The molecule has 1 saturated heterocycles. The number of nitrogens with one attached hydrogen (secondary N) is 1. The first kappa shape index (κ1) is 15.7. The number of thioether (sulfide) groups is 1. The van der Waals surface area contributed by atoms with Gasteiger partial charge in [-0.2, -0.15) is 11.8 Å². The van der Waals surface area contributed by atoms with Crippen molar-refractivity contribution in [1.29, 1.82) is 0 Å². The number of hydrogen-bond donors (Lipinski definition) is 1. The van der Waals surface area contributed by atoms with Gasteiger partial charge in [-0.05, 0) is 52.0 Å². The summed E-state index contributed by atoms with van der Waals surface area (Å²) in [6.45, 7) is 8.39. The minimum atomic E-state index is 0.567. The third kappa shape index (κ3) is 4.12. The highest BCUT2D eigenvalue weighted by Crippen LogP contribution is 2.40. The molecule has 1 saturated carbocycles. The minimum absolute atomic E-state index is 0.567. The lowest BCUT2D eigenvalue weighted by Crippen LogP contribution is -2.52. The molecule has 2 atom stereocenters. The van der Waals surface area contributed by atoms with Crippen molar-refractivity contribution in [3.8, 4) is 0 Å². The van der Waals surface area contributed by atoms with E-state index in [9.17, 15) is 0 Å². The predicted molar refractivity (Wildman–Crippen MR) is 87.1 cm³/mol. The van der Waals surface area contributed by atoms with E-state index in [2.05, 4.69) is 42.1 Å². The van der Waals surface area contributed by atoms with E-state index in [1.165, 1.54) is 58.0 Å². The van der Waals surface area contributed by atoms with Gasteiger partial charge < -0.3 is 5.32 Å². The van der Waals surface area contributed by atoms with E-state index in [4.69, 9.17) is 0 Å². The zero-order chi connectivity index (χ0) is 13.7. The Hall–Kier alpha value is 0.270. The van der Waals surface area contributed by atoms with E-state index < -0.39 is 0 Å². The maximum atomic E-state index is 3.63. The Balaban J connectivity index is 1.88. The zero-order valence-electron chi connectivity index (χ0n) is 13.1. The van der Waals surface area contributed by atoms with Crippen molar-refractivity contribution in [3.63, 3.8) is 0 Å². The summed E-state index contributed by atoms with van der Waals surface area (Å²) in [5, 5.41) is 3.63. The van der Waals surface area contributed by atoms with Crippen LogP contribution in [0.25, 0.3) is 0 Å². The molecule has 0 spiro atoms. The van der Waals surface area contributed by atoms with Gasteiger partial charge in [-0.25, -0.2) is 0 Å². The van der Waals surface area contributed by atoms with Gasteiger partial charge in [-0.15, -0.1) is 0 Å². The molecular formula is C16H32N2S. The lowest BCUT2D eigenvalue weighted by Gasteiger charge is -2.45. The first-order valence-corrected chi connectivity index (χ1v) is 9.44. The van der Waals surface area contributed by atoms with E-state index in [1.807, 2.05) is 0 Å². The summed E-state index contributed by atoms with van der Waals surface area (Å²) in [5.41, 5.74) is 0. The molecule has 112 valence electrons. The molecule has 0 aromatic heterocycles. The Kier molecular flexibility index (Phi) is 6.04. The SMILES string of the molecule is CCNC1CCN(CC2(SC)CCCCC2)C(C)C1. The highest BCUT2D eigenvalue weighted by atomic mass is 32.2. The molecule has 0 radical (unpaired) electrons. The lowest BCUT2D eigenvalue weighted by molar-refractivity contribution is 0.115. The number of hydrogen-bond acceptors (Lipinski definition) is 3. The molecule has 3 heteroatoms. The molecule has 2 aliphatic rings. The van der Waals surface area contributed by atoms with E-state index in [0.717, 1.165) is 18.6 Å². The normalized spacial score (nSPS) is 32.4. The Morgan fingerprint density at radius 1 is 1.26 bits per heavy atom. The summed E-state index contributed by atoms with van der Waals surface area (Å²) >= 11 is 2.14. The van der Waals surface area contributed by atoms with Gasteiger partial charge in [0.2, 0.25) is 0 Å². The van der Waals surface area contributed by atoms with Crippen LogP contribution in [0.1, 0.15) is 58.8 Å². The summed E-state index contributed by atoms with van der Waals surface area (Å²) in [6.07, 6.45) is 12.2. The van der Waals surface area contributed by atoms with Crippen LogP contribution in [0.4, 0.5) is 0 Å². The average molecular weight is 285 g/mol. The van der Waals surface area contributed by atoms with Crippen LogP contribution in [-0.2, 0) is 0 Å². The quantitative estimate of drug-likeness (QED) is 0.831. The molecule has 19 heavy (non-hydrogen) atoms. The van der Waals surface area contributed by atoms with Crippen LogP contribution >= 0.6 is 11.8 Å². The van der Waals surface area contributed by atoms with Crippen LogP contribution in [0.3, 0.4) is 0 Å². The molecule has 1 N–H and O–H groups in total. The Bertz CT molecular complexity index is 263. The van der Waals surface area contributed by atoms with Crippen LogP contribution in [0.5, 0.6) is 0 Å². The largest absolute Gasteiger partial charge is 0.314 e. The molecule has 0 amide bonds. The Labute approximate surface area is 124 Å². The number of piperidine rings is 1. The van der Waals surface area contributed by atoms with E-state index in [0.29, 0.717) is 4.75 Å². The van der Waals surface area contributed by atoms with Crippen molar-refractivity contribution in [2.75, 3.05) is 25.9 Å². The van der Waals surface area contributed by atoms with Crippen molar-refractivity contribution in [3.05, 3.63) is 0 Å². The van der Waals surface area contributed by atoms with E-state index in [1.54, 1.807) is 0 Å². The Morgan fingerprint density at radius 3 is 2.58 bits per heavy atom. The van der Waals surface area contributed by atoms with Gasteiger partial charge in [-0.3, -0.25) is 4.90 Å². The fourth-order valence-electron chi connectivity index (χ4n) is 3.92. The third-order valence-electron chi connectivity index (χ3n) is 5.20. The summed E-state index contributed by atoms with van der Waals surface area (Å²) in [7, 11) is 0. The van der Waals surface area contributed by atoms with Gasteiger partial charge in [-0.1, -0.05) is 26.2 Å². The van der Waals surface area contributed by atoms with Gasteiger partial charge in [0.15, 0.2) is 0 Å². The molecule has 0 aromatic carbocycles. The third-order valence-corrected chi connectivity index (χ3v) is 6.60. The maximum Gasteiger partial charge on any atom is 0.0284 e. The first-order chi connectivity index (χ1) is 9.19. The lowest BCUT2D eigenvalue weighted by atomic mass is 9.86. The molecule has 0 aromatic rings. The molecule has 2 fully saturated rings. The van der Waals surface area contributed by atoms with Crippen molar-refractivity contribution in [2.45, 2.75) is 75.6 Å². The summed E-state index contributed by atoms with van der Waals surface area (Å²) in [5.74, 6) is 0. The van der Waals surface area contributed by atoms with Gasteiger partial charge >= 0.3 is 0 Å². The Morgan fingerprint density at radius 2 is 2.00 bits per heavy atom. The number of nitrogens with zero attached hydrogens (tertiary/aromatic N) is 1. The van der Waals surface area contributed by atoms with Gasteiger partial charge in [0.1, 0.15) is 0 Å². The average Bonchev–Trinajstić information content (AvgIpc) is 2.43. The monoisotopic (exact) mass is 284 g/mol. The summed E-state index contributed by atoms with van der Waals surface area (Å²) in [6, 6.07) is 1.51. The highest BCUT2D eigenvalue weighted by Gasteiger charge is 2.36. The minimum Gasteiger partial charge on any atom is -0.314 e. The van der Waals surface area contributed by atoms with Crippen LogP contribution in [0.15, 0.2) is 0 Å². The molecule has 1 aliphatic heterocycles. The smallest absolute Gasteiger partial charge is 0.0284 e. The van der Waals surface area contributed by atoms with Crippen molar-refractivity contribution < 1.29 is 0 Å². The van der Waals surface area contributed by atoms with Crippen molar-refractivity contribution in [1.82, 2.24) is 10.2 Å². The predicted octanol–water partition coefficient (Wildman–Crippen LogP) is 3.51. The second kappa shape index (κ2) is 7.33. The van der Waals surface area contributed by atoms with Gasteiger partial charge in [0.25, 0.3) is 0 Å².